The highest BCUT2D eigenvalue weighted by molar-refractivity contribution is 5.14. The number of aliphatic hydroxyl groups excluding tert-OH is 1. The number of hydrogen-bond acceptors (Lipinski definition) is 3. The first-order valence-corrected chi connectivity index (χ1v) is 12.5. The van der Waals surface area contributed by atoms with Crippen LogP contribution in [0.3, 0.4) is 0 Å². The van der Waals surface area contributed by atoms with Crippen LogP contribution in [0.2, 0.25) is 0 Å². The maximum absolute atomic E-state index is 10.3. The smallest absolute Gasteiger partial charge is 0.120 e. The quantitative estimate of drug-likeness (QED) is 0.623. The zero-order valence-electron chi connectivity index (χ0n) is 18.1. The predicted molar refractivity (Wildman–Crippen MR) is 111 cm³/mol. The molecule has 0 aromatic rings. The van der Waals surface area contributed by atoms with Crippen LogP contribution in [0.4, 0.5) is 0 Å². The van der Waals surface area contributed by atoms with E-state index in [1.165, 1.54) is 64.2 Å². The summed E-state index contributed by atoms with van der Waals surface area (Å²) in [5.41, 5.74) is 1.03. The van der Waals surface area contributed by atoms with Crippen molar-refractivity contribution < 1.29 is 9.84 Å². The summed E-state index contributed by atoms with van der Waals surface area (Å²) in [6, 6.07) is 0. The van der Waals surface area contributed by atoms with Gasteiger partial charge in [-0.2, -0.15) is 0 Å². The molecule has 0 amide bonds. The van der Waals surface area contributed by atoms with Gasteiger partial charge in [0, 0.05) is 0 Å². The van der Waals surface area contributed by atoms with Gasteiger partial charge in [0.05, 0.1) is 12.2 Å². The Labute approximate surface area is 171 Å². The third-order valence-corrected chi connectivity index (χ3v) is 11.2. The molecule has 0 aromatic heterocycles. The molecule has 0 bridgehead atoms. The number of piperidine rings is 1. The van der Waals surface area contributed by atoms with E-state index in [0.29, 0.717) is 16.9 Å². The Morgan fingerprint density at radius 1 is 0.857 bits per heavy atom. The lowest BCUT2D eigenvalue weighted by atomic mass is 9.44. The molecule has 28 heavy (non-hydrogen) atoms. The van der Waals surface area contributed by atoms with Gasteiger partial charge in [-0.15, -0.1) is 0 Å². The summed E-state index contributed by atoms with van der Waals surface area (Å²) in [7, 11) is 0. The Morgan fingerprint density at radius 3 is 2.54 bits per heavy atom. The second-order valence-corrected chi connectivity index (χ2v) is 12.2. The van der Waals surface area contributed by atoms with Gasteiger partial charge in [-0.3, -0.25) is 5.32 Å². The molecule has 6 rings (SSSR count). The largest absolute Gasteiger partial charge is 0.393 e. The van der Waals surface area contributed by atoms with E-state index in [2.05, 4.69) is 19.2 Å². The number of fused-ring (bicyclic) bond motifs is 7. The molecule has 4 aliphatic carbocycles. The van der Waals surface area contributed by atoms with Crippen LogP contribution in [0.5, 0.6) is 0 Å². The standard InChI is InChI=1S/C25H41NO2/c1-23-10-7-17(27)13-16(23)5-6-18-19(23)8-11-24(2)20(18)14-22-21(24)15-25(28-22)9-3-4-12-26-25/h16-22,26-27H,3-15H2,1-2H3. The molecule has 2 aliphatic heterocycles. The first kappa shape index (κ1) is 18.6. The lowest BCUT2D eigenvalue weighted by molar-refractivity contribution is -0.131. The van der Waals surface area contributed by atoms with E-state index in [9.17, 15) is 5.11 Å². The zero-order chi connectivity index (χ0) is 19.1. The summed E-state index contributed by atoms with van der Waals surface area (Å²) in [4.78, 5) is 0. The molecule has 6 aliphatic rings. The molecule has 10 unspecified atom stereocenters. The minimum Gasteiger partial charge on any atom is -0.393 e. The summed E-state index contributed by atoms with van der Waals surface area (Å²) in [6.45, 7) is 6.41. The number of rotatable bonds is 0. The van der Waals surface area contributed by atoms with E-state index in [1.54, 1.807) is 0 Å². The van der Waals surface area contributed by atoms with Gasteiger partial charge >= 0.3 is 0 Å². The molecule has 10 atom stereocenters. The number of aliphatic hydroxyl groups is 1. The molecular formula is C25H41NO2. The Balaban J connectivity index is 1.25. The van der Waals surface area contributed by atoms with Crippen LogP contribution in [0, 0.1) is 40.4 Å². The highest BCUT2D eigenvalue weighted by atomic mass is 16.5. The molecule has 2 saturated heterocycles. The van der Waals surface area contributed by atoms with Gasteiger partial charge in [-0.1, -0.05) is 13.8 Å². The van der Waals surface area contributed by atoms with Crippen LogP contribution in [0.1, 0.15) is 90.9 Å². The number of hydrogen-bond donors (Lipinski definition) is 2. The van der Waals surface area contributed by atoms with E-state index >= 15 is 0 Å². The predicted octanol–water partition coefficient (Wildman–Crippen LogP) is 4.87. The van der Waals surface area contributed by atoms with Crippen molar-refractivity contribution in [2.45, 2.75) is 109 Å². The van der Waals surface area contributed by atoms with Crippen LogP contribution < -0.4 is 5.32 Å². The molecule has 3 nitrogen and oxygen atoms in total. The summed E-state index contributed by atoms with van der Waals surface area (Å²) in [6.07, 6.45) is 16.0. The van der Waals surface area contributed by atoms with Crippen LogP contribution in [0.25, 0.3) is 0 Å². The Kier molecular flexibility index (Phi) is 4.13. The van der Waals surface area contributed by atoms with E-state index in [4.69, 9.17) is 4.74 Å². The van der Waals surface area contributed by atoms with Crippen molar-refractivity contribution >= 4 is 0 Å². The van der Waals surface area contributed by atoms with Gasteiger partial charge in [0.25, 0.3) is 0 Å². The fraction of sp³-hybridized carbons (Fsp3) is 1.00. The maximum atomic E-state index is 10.3. The molecule has 4 saturated carbocycles. The Morgan fingerprint density at radius 2 is 1.71 bits per heavy atom. The van der Waals surface area contributed by atoms with Gasteiger partial charge in [-0.25, -0.2) is 0 Å². The van der Waals surface area contributed by atoms with Gasteiger partial charge in [-0.05, 0) is 124 Å². The normalized spacial score (nSPS) is 60.8. The molecular weight excluding hydrogens is 346 g/mol. The van der Waals surface area contributed by atoms with Crippen molar-refractivity contribution in [3.05, 3.63) is 0 Å². The van der Waals surface area contributed by atoms with Gasteiger partial charge in [0.1, 0.15) is 5.72 Å². The SMILES string of the molecule is CC12CCC(O)CC1CCC1C2CCC2(C)C3CC4(CCCCN4)OC3CC12. The fourth-order valence-electron chi connectivity index (χ4n) is 9.73. The summed E-state index contributed by atoms with van der Waals surface area (Å²) in [5, 5.41) is 14.1. The molecule has 3 heteroatoms. The van der Waals surface area contributed by atoms with E-state index < -0.39 is 0 Å². The van der Waals surface area contributed by atoms with E-state index in [-0.39, 0.29) is 11.8 Å². The van der Waals surface area contributed by atoms with E-state index in [0.717, 1.165) is 49.0 Å². The molecule has 158 valence electrons. The van der Waals surface area contributed by atoms with Gasteiger partial charge < -0.3 is 9.84 Å². The fourth-order valence-corrected chi connectivity index (χ4v) is 9.73. The van der Waals surface area contributed by atoms with E-state index in [1.807, 2.05) is 0 Å². The molecule has 2 N–H and O–H groups in total. The van der Waals surface area contributed by atoms with Crippen LogP contribution in [0.15, 0.2) is 0 Å². The van der Waals surface area contributed by atoms with Gasteiger partial charge in [0.2, 0.25) is 0 Å². The third-order valence-electron chi connectivity index (χ3n) is 11.2. The second-order valence-electron chi connectivity index (χ2n) is 12.2. The van der Waals surface area contributed by atoms with Crippen molar-refractivity contribution in [1.29, 1.82) is 0 Å². The molecule has 0 radical (unpaired) electrons. The first-order valence-electron chi connectivity index (χ1n) is 12.5. The van der Waals surface area contributed by atoms with Crippen LogP contribution in [-0.4, -0.2) is 29.6 Å². The van der Waals surface area contributed by atoms with Crippen LogP contribution in [-0.2, 0) is 4.74 Å². The summed E-state index contributed by atoms with van der Waals surface area (Å²) < 4.78 is 6.85. The Hall–Kier alpha value is -0.120. The molecule has 6 fully saturated rings. The Bertz CT molecular complexity index is 630. The number of ether oxygens (including phenoxy) is 1. The van der Waals surface area contributed by atoms with Crippen LogP contribution >= 0.6 is 0 Å². The van der Waals surface area contributed by atoms with Crippen molar-refractivity contribution in [2.75, 3.05) is 6.54 Å². The molecule has 0 aromatic carbocycles. The monoisotopic (exact) mass is 387 g/mol. The lowest BCUT2D eigenvalue weighted by Gasteiger charge is -2.61. The minimum atomic E-state index is -0.0260. The average molecular weight is 388 g/mol. The molecule has 2 heterocycles. The first-order chi connectivity index (χ1) is 13.4. The third kappa shape index (κ3) is 2.45. The highest BCUT2D eigenvalue weighted by Gasteiger charge is 2.66. The highest BCUT2D eigenvalue weighted by Crippen LogP contribution is 2.70. The van der Waals surface area contributed by atoms with Crippen molar-refractivity contribution in [1.82, 2.24) is 5.32 Å². The summed E-state index contributed by atoms with van der Waals surface area (Å²) in [5.74, 6) is 4.25. The summed E-state index contributed by atoms with van der Waals surface area (Å²) >= 11 is 0. The topological polar surface area (TPSA) is 41.5 Å². The number of nitrogens with one attached hydrogen (secondary N) is 1. The lowest BCUT2D eigenvalue weighted by Crippen LogP contribution is -2.54. The second kappa shape index (κ2) is 6.20. The van der Waals surface area contributed by atoms with Crippen molar-refractivity contribution in [2.24, 2.45) is 40.4 Å². The minimum absolute atomic E-state index is 0.0260. The maximum Gasteiger partial charge on any atom is 0.120 e. The van der Waals surface area contributed by atoms with Crippen molar-refractivity contribution in [3.8, 4) is 0 Å². The van der Waals surface area contributed by atoms with Crippen molar-refractivity contribution in [3.63, 3.8) is 0 Å². The van der Waals surface area contributed by atoms with Gasteiger partial charge in [0.15, 0.2) is 0 Å². The average Bonchev–Trinajstić information content (AvgIpc) is 3.15. The zero-order valence-corrected chi connectivity index (χ0v) is 18.1. The molecule has 1 spiro atoms.